The highest BCUT2D eigenvalue weighted by Gasteiger charge is 2.19. The third-order valence-corrected chi connectivity index (χ3v) is 6.42. The Morgan fingerprint density at radius 3 is 1.75 bits per heavy atom. The Labute approximate surface area is 222 Å². The van der Waals surface area contributed by atoms with Gasteiger partial charge in [0.1, 0.15) is 0 Å². The van der Waals surface area contributed by atoms with Gasteiger partial charge in [-0.15, -0.1) is 0 Å². The van der Waals surface area contributed by atoms with Crippen LogP contribution in [-0.4, -0.2) is 46.1 Å². The second-order valence-electron chi connectivity index (χ2n) is 9.96. The molecule has 0 fully saturated rings. The highest BCUT2D eigenvalue weighted by Crippen LogP contribution is 2.13. The minimum absolute atomic E-state index is 0.00291. The predicted octanol–water partition coefficient (Wildman–Crippen LogP) is 6.92. The summed E-state index contributed by atoms with van der Waals surface area (Å²) in [7, 11) is 0. The van der Waals surface area contributed by atoms with Crippen molar-refractivity contribution in [2.45, 2.75) is 148 Å². The number of nitrogens with one attached hydrogen (secondary N) is 1. The minimum Gasteiger partial charge on any atom is -0.394 e. The summed E-state index contributed by atoms with van der Waals surface area (Å²) >= 11 is 0. The molecule has 5 nitrogen and oxygen atoms in total. The normalized spacial score (nSPS) is 14.7. The minimum atomic E-state index is -0.953. The first kappa shape index (κ1) is 34.6. The van der Waals surface area contributed by atoms with Gasteiger partial charge in [0.05, 0.1) is 31.3 Å². The van der Waals surface area contributed by atoms with E-state index < -0.39 is 18.2 Å². The Balaban J connectivity index is 3.89. The molecule has 5 heteroatoms. The summed E-state index contributed by atoms with van der Waals surface area (Å²) in [6.45, 7) is 4.02. The molecule has 0 rings (SSSR count). The van der Waals surface area contributed by atoms with Crippen LogP contribution in [-0.2, 0) is 4.79 Å². The molecule has 3 unspecified atom stereocenters. The first-order chi connectivity index (χ1) is 17.5. The molecule has 0 heterocycles. The summed E-state index contributed by atoms with van der Waals surface area (Å²) in [6.07, 6.45) is 29.8. The molecule has 0 radical (unpaired) electrons. The predicted molar refractivity (Wildman–Crippen MR) is 153 cm³/mol. The molecule has 1 amide bonds. The molecule has 0 bridgehead atoms. The van der Waals surface area contributed by atoms with E-state index in [1.807, 2.05) is 6.08 Å². The fraction of sp³-hybridized carbons (Fsp3) is 0.774. The van der Waals surface area contributed by atoms with E-state index in [4.69, 9.17) is 0 Å². The van der Waals surface area contributed by atoms with Crippen LogP contribution < -0.4 is 5.32 Å². The summed E-state index contributed by atoms with van der Waals surface area (Å²) in [5.74, 6) is -0.336. The largest absolute Gasteiger partial charge is 0.394 e. The lowest BCUT2D eigenvalue weighted by Crippen LogP contribution is -2.45. The van der Waals surface area contributed by atoms with Crippen LogP contribution in [0.5, 0.6) is 0 Å². The Morgan fingerprint density at radius 1 is 0.722 bits per heavy atom. The van der Waals surface area contributed by atoms with Crippen LogP contribution in [0.25, 0.3) is 0 Å². The first-order valence-corrected chi connectivity index (χ1v) is 14.8. The first-order valence-electron chi connectivity index (χ1n) is 14.8. The van der Waals surface area contributed by atoms with Gasteiger partial charge in [0.15, 0.2) is 0 Å². The number of carbonyl (C=O) groups excluding carboxylic acids is 1. The van der Waals surface area contributed by atoms with Crippen molar-refractivity contribution in [2.24, 2.45) is 0 Å². The molecule has 0 aromatic carbocycles. The zero-order chi connectivity index (χ0) is 26.7. The van der Waals surface area contributed by atoms with Gasteiger partial charge >= 0.3 is 0 Å². The second-order valence-corrected chi connectivity index (χ2v) is 9.96. The quantitative estimate of drug-likeness (QED) is 0.0798. The van der Waals surface area contributed by atoms with E-state index in [1.165, 1.54) is 57.8 Å². The van der Waals surface area contributed by atoms with Crippen LogP contribution in [0.15, 0.2) is 36.5 Å². The molecule has 210 valence electrons. The Kier molecular flexibility index (Phi) is 25.6. The third-order valence-electron chi connectivity index (χ3n) is 6.42. The number of amides is 1. The molecule has 0 spiro atoms. The lowest BCUT2D eigenvalue weighted by molar-refractivity contribution is -0.124. The smallest absolute Gasteiger partial charge is 0.222 e. The highest BCUT2D eigenvalue weighted by molar-refractivity contribution is 5.76. The summed E-state index contributed by atoms with van der Waals surface area (Å²) in [5, 5.41) is 32.7. The van der Waals surface area contributed by atoms with E-state index in [0.717, 1.165) is 44.9 Å². The number of hydrogen-bond acceptors (Lipinski definition) is 4. The second kappa shape index (κ2) is 26.6. The Bertz CT molecular complexity index is 573. The molecular weight excluding hydrogens is 450 g/mol. The molecule has 4 N–H and O–H groups in total. The molecule has 36 heavy (non-hydrogen) atoms. The van der Waals surface area contributed by atoms with Crippen molar-refractivity contribution in [1.29, 1.82) is 0 Å². The van der Waals surface area contributed by atoms with Crippen molar-refractivity contribution in [3.63, 3.8) is 0 Å². The van der Waals surface area contributed by atoms with Crippen molar-refractivity contribution in [3.8, 4) is 0 Å². The van der Waals surface area contributed by atoms with E-state index >= 15 is 0 Å². The molecule has 0 aliphatic heterocycles. The average Bonchev–Trinajstić information content (AvgIpc) is 2.86. The fourth-order valence-corrected chi connectivity index (χ4v) is 4.14. The SMILES string of the molecule is CC/C=C/CC/C=C/CC/C=C/C(O)C(CO)NC(=O)CC(O)CCCCCCCCCCCCC. The topological polar surface area (TPSA) is 89.8 Å². The van der Waals surface area contributed by atoms with E-state index in [0.29, 0.717) is 6.42 Å². The number of carbonyl (C=O) groups is 1. The summed E-state index contributed by atoms with van der Waals surface area (Å²) in [5.41, 5.74) is 0. The van der Waals surface area contributed by atoms with Crippen LogP contribution in [0.4, 0.5) is 0 Å². The standard InChI is InChI=1S/C31H57NO4/c1-3-5-7-9-11-13-15-16-18-20-22-24-28(34)26-31(36)32-29(27-33)30(35)25-23-21-19-17-14-12-10-8-6-4-2/h6,8,14,17,23,25,28-30,33-35H,3-5,7,9-13,15-16,18-22,24,26-27H2,1-2H3,(H,32,36)/b8-6+,17-14+,25-23+. The third kappa shape index (κ3) is 23.0. The lowest BCUT2D eigenvalue weighted by atomic mass is 10.0. The van der Waals surface area contributed by atoms with Gasteiger partial charge in [-0.1, -0.05) is 121 Å². The van der Waals surface area contributed by atoms with E-state index in [9.17, 15) is 20.1 Å². The van der Waals surface area contributed by atoms with E-state index in [-0.39, 0.29) is 18.9 Å². The number of rotatable bonds is 25. The van der Waals surface area contributed by atoms with Gasteiger partial charge in [0, 0.05) is 0 Å². The van der Waals surface area contributed by atoms with Gasteiger partial charge in [-0.25, -0.2) is 0 Å². The van der Waals surface area contributed by atoms with Gasteiger partial charge < -0.3 is 20.6 Å². The van der Waals surface area contributed by atoms with E-state index in [1.54, 1.807) is 6.08 Å². The van der Waals surface area contributed by atoms with Crippen molar-refractivity contribution in [1.82, 2.24) is 5.32 Å². The summed E-state index contributed by atoms with van der Waals surface area (Å²) in [4.78, 5) is 12.2. The van der Waals surface area contributed by atoms with Crippen molar-refractivity contribution < 1.29 is 20.1 Å². The molecule has 0 aliphatic carbocycles. The maximum absolute atomic E-state index is 12.2. The van der Waals surface area contributed by atoms with Gasteiger partial charge in [-0.05, 0) is 38.5 Å². The fourth-order valence-electron chi connectivity index (χ4n) is 4.14. The molecule has 3 atom stereocenters. The van der Waals surface area contributed by atoms with Gasteiger partial charge in [0.2, 0.25) is 5.91 Å². The van der Waals surface area contributed by atoms with Gasteiger partial charge in [0.25, 0.3) is 0 Å². The average molecular weight is 508 g/mol. The lowest BCUT2D eigenvalue weighted by Gasteiger charge is -2.21. The van der Waals surface area contributed by atoms with Crippen LogP contribution in [0.1, 0.15) is 129 Å². The number of unbranched alkanes of at least 4 members (excludes halogenated alkanes) is 12. The maximum atomic E-state index is 12.2. The molecule has 0 saturated carbocycles. The van der Waals surface area contributed by atoms with Gasteiger partial charge in [-0.3, -0.25) is 4.79 Å². The van der Waals surface area contributed by atoms with Crippen LogP contribution >= 0.6 is 0 Å². The summed E-state index contributed by atoms with van der Waals surface area (Å²) < 4.78 is 0. The summed E-state index contributed by atoms with van der Waals surface area (Å²) in [6, 6.07) is -0.760. The molecule has 0 aliphatic rings. The molecule has 0 saturated heterocycles. The zero-order valence-electron chi connectivity index (χ0n) is 23.4. The van der Waals surface area contributed by atoms with Crippen LogP contribution in [0.3, 0.4) is 0 Å². The van der Waals surface area contributed by atoms with E-state index in [2.05, 4.69) is 43.5 Å². The monoisotopic (exact) mass is 507 g/mol. The number of allylic oxidation sites excluding steroid dienone is 5. The number of hydrogen-bond donors (Lipinski definition) is 4. The van der Waals surface area contributed by atoms with Gasteiger partial charge in [-0.2, -0.15) is 0 Å². The van der Waals surface area contributed by atoms with Crippen molar-refractivity contribution >= 4 is 5.91 Å². The molecule has 0 aromatic heterocycles. The van der Waals surface area contributed by atoms with Crippen LogP contribution in [0, 0.1) is 0 Å². The Morgan fingerprint density at radius 2 is 1.22 bits per heavy atom. The molecule has 0 aromatic rings. The van der Waals surface area contributed by atoms with Crippen molar-refractivity contribution in [2.75, 3.05) is 6.61 Å². The maximum Gasteiger partial charge on any atom is 0.222 e. The molecular formula is C31H57NO4. The van der Waals surface area contributed by atoms with Crippen LogP contribution in [0.2, 0.25) is 0 Å². The zero-order valence-corrected chi connectivity index (χ0v) is 23.4. The number of aliphatic hydroxyl groups is 3. The highest BCUT2D eigenvalue weighted by atomic mass is 16.3. The Hall–Kier alpha value is -1.43. The van der Waals surface area contributed by atoms with Crippen molar-refractivity contribution in [3.05, 3.63) is 36.5 Å². The number of aliphatic hydroxyl groups excluding tert-OH is 3.